The van der Waals surface area contributed by atoms with Crippen molar-refractivity contribution in [3.05, 3.63) is 89.5 Å². The van der Waals surface area contributed by atoms with Gasteiger partial charge in [0.05, 0.1) is 24.5 Å². The summed E-state index contributed by atoms with van der Waals surface area (Å²) in [5.74, 6) is 1.04. The number of hydrogen-bond donors (Lipinski definition) is 2. The standard InChI is InChI=1S/C30H38N4O2/c1-21(2)28(33(18-8-17-31)30(35)24-13-11-22(3)12-14-24)29-32-26-19-25(36-4)15-16-27(26)34(29)20-23-9-6-5-7-10-23/h5-7,9-16,19,21,28-29,32H,8,17-18,20,31H2,1-4H3/t28-,29?/m1/s1. The van der Waals surface area contributed by atoms with E-state index in [1.165, 1.54) is 5.56 Å². The zero-order valence-electron chi connectivity index (χ0n) is 21.8. The summed E-state index contributed by atoms with van der Waals surface area (Å²) in [6.45, 7) is 8.27. The molecule has 1 heterocycles. The summed E-state index contributed by atoms with van der Waals surface area (Å²) in [6.07, 6.45) is 0.631. The van der Waals surface area contributed by atoms with Crippen LogP contribution < -0.4 is 20.7 Å². The lowest BCUT2D eigenvalue weighted by atomic mass is 9.96. The number of ether oxygens (including phenoxy) is 1. The largest absolute Gasteiger partial charge is 0.497 e. The van der Waals surface area contributed by atoms with Crippen molar-refractivity contribution < 1.29 is 9.53 Å². The molecular formula is C30H38N4O2. The normalized spacial score (nSPS) is 15.4. The molecule has 3 N–H and O–H groups in total. The van der Waals surface area contributed by atoms with Crippen LogP contribution in [0.1, 0.15) is 41.8 Å². The average Bonchev–Trinajstić information content (AvgIpc) is 3.23. The summed E-state index contributed by atoms with van der Waals surface area (Å²) < 4.78 is 5.51. The summed E-state index contributed by atoms with van der Waals surface area (Å²) >= 11 is 0. The third-order valence-corrected chi connectivity index (χ3v) is 6.88. The summed E-state index contributed by atoms with van der Waals surface area (Å²) in [7, 11) is 1.68. The number of amides is 1. The van der Waals surface area contributed by atoms with E-state index in [1.54, 1.807) is 7.11 Å². The van der Waals surface area contributed by atoms with Crippen LogP contribution in [-0.2, 0) is 6.54 Å². The molecule has 3 aromatic carbocycles. The Labute approximate surface area is 215 Å². The lowest BCUT2D eigenvalue weighted by Gasteiger charge is -2.42. The summed E-state index contributed by atoms with van der Waals surface area (Å²) in [5.41, 5.74) is 11.1. The molecule has 0 saturated carbocycles. The second kappa shape index (κ2) is 11.5. The maximum absolute atomic E-state index is 13.9. The first-order chi connectivity index (χ1) is 17.4. The molecule has 0 bridgehead atoms. The Balaban J connectivity index is 1.75. The molecular weight excluding hydrogens is 448 g/mol. The fourth-order valence-electron chi connectivity index (χ4n) is 5.03. The first-order valence-corrected chi connectivity index (χ1v) is 12.8. The fraction of sp³-hybridized carbons (Fsp3) is 0.367. The van der Waals surface area contributed by atoms with Gasteiger partial charge in [0.15, 0.2) is 0 Å². The van der Waals surface area contributed by atoms with E-state index in [2.05, 4.69) is 54.4 Å². The molecule has 4 rings (SSSR count). The second-order valence-corrected chi connectivity index (χ2v) is 9.83. The number of nitrogens with zero attached hydrogens (tertiary/aromatic N) is 2. The highest BCUT2D eigenvalue weighted by Gasteiger charge is 2.41. The van der Waals surface area contributed by atoms with Gasteiger partial charge in [-0.2, -0.15) is 0 Å². The molecule has 2 atom stereocenters. The highest BCUT2D eigenvalue weighted by Crippen LogP contribution is 2.41. The molecule has 0 aromatic heterocycles. The molecule has 1 aliphatic heterocycles. The minimum Gasteiger partial charge on any atom is -0.497 e. The first kappa shape index (κ1) is 25.6. The number of anilines is 2. The van der Waals surface area contributed by atoms with Gasteiger partial charge >= 0.3 is 0 Å². The van der Waals surface area contributed by atoms with Crippen LogP contribution >= 0.6 is 0 Å². The van der Waals surface area contributed by atoms with E-state index in [-0.39, 0.29) is 24.0 Å². The van der Waals surface area contributed by atoms with Gasteiger partial charge in [-0.1, -0.05) is 61.9 Å². The number of aryl methyl sites for hydroxylation is 1. The van der Waals surface area contributed by atoms with Crippen molar-refractivity contribution in [1.82, 2.24) is 4.90 Å². The van der Waals surface area contributed by atoms with Crippen LogP contribution in [0.3, 0.4) is 0 Å². The second-order valence-electron chi connectivity index (χ2n) is 9.83. The third-order valence-electron chi connectivity index (χ3n) is 6.88. The van der Waals surface area contributed by atoms with Crippen LogP contribution in [0.5, 0.6) is 5.75 Å². The summed E-state index contributed by atoms with van der Waals surface area (Å²) in [4.78, 5) is 18.3. The predicted octanol–water partition coefficient (Wildman–Crippen LogP) is 5.28. The maximum atomic E-state index is 13.9. The highest BCUT2D eigenvalue weighted by atomic mass is 16.5. The smallest absolute Gasteiger partial charge is 0.254 e. The predicted molar refractivity (Wildman–Crippen MR) is 148 cm³/mol. The average molecular weight is 487 g/mol. The topological polar surface area (TPSA) is 70.8 Å². The van der Waals surface area contributed by atoms with Crippen LogP contribution in [0.4, 0.5) is 11.4 Å². The molecule has 3 aromatic rings. The Hall–Kier alpha value is -3.51. The van der Waals surface area contributed by atoms with Crippen LogP contribution in [0.2, 0.25) is 0 Å². The number of carbonyl (C=O) groups excluding carboxylic acids is 1. The summed E-state index contributed by atoms with van der Waals surface area (Å²) in [5, 5.41) is 3.75. The van der Waals surface area contributed by atoms with Crippen LogP contribution in [0, 0.1) is 12.8 Å². The SMILES string of the molecule is COc1ccc2c(c1)NC([C@@H](C(C)C)N(CCCN)C(=O)c1ccc(C)cc1)N2Cc1ccccc1. The molecule has 0 aliphatic carbocycles. The van der Waals surface area contributed by atoms with E-state index in [0.717, 1.165) is 35.7 Å². The highest BCUT2D eigenvalue weighted by molar-refractivity contribution is 5.94. The fourth-order valence-corrected chi connectivity index (χ4v) is 5.03. The first-order valence-electron chi connectivity index (χ1n) is 12.8. The van der Waals surface area contributed by atoms with Gasteiger partial charge < -0.3 is 25.6 Å². The number of hydrogen-bond acceptors (Lipinski definition) is 5. The number of benzene rings is 3. The van der Waals surface area contributed by atoms with Gasteiger partial charge in [-0.25, -0.2) is 0 Å². The van der Waals surface area contributed by atoms with Crippen molar-refractivity contribution in [3.63, 3.8) is 0 Å². The molecule has 190 valence electrons. The number of carbonyl (C=O) groups is 1. The molecule has 1 unspecified atom stereocenters. The Morgan fingerprint density at radius 3 is 2.44 bits per heavy atom. The van der Waals surface area contributed by atoms with Gasteiger partial charge in [-0.15, -0.1) is 0 Å². The minimum atomic E-state index is -0.112. The van der Waals surface area contributed by atoms with Gasteiger partial charge in [0.2, 0.25) is 0 Å². The summed E-state index contributed by atoms with van der Waals surface area (Å²) in [6, 6.07) is 24.3. The molecule has 0 fully saturated rings. The van der Waals surface area contributed by atoms with Crippen molar-refractivity contribution in [2.24, 2.45) is 11.7 Å². The van der Waals surface area contributed by atoms with Gasteiger partial charge in [0.25, 0.3) is 5.91 Å². The lowest BCUT2D eigenvalue weighted by molar-refractivity contribution is 0.0594. The Morgan fingerprint density at radius 2 is 1.81 bits per heavy atom. The molecule has 6 heteroatoms. The maximum Gasteiger partial charge on any atom is 0.254 e. The third kappa shape index (κ3) is 5.49. The van der Waals surface area contributed by atoms with Gasteiger partial charge in [0, 0.05) is 24.7 Å². The van der Waals surface area contributed by atoms with Gasteiger partial charge in [-0.3, -0.25) is 4.79 Å². The zero-order valence-corrected chi connectivity index (χ0v) is 21.8. The monoisotopic (exact) mass is 486 g/mol. The number of fused-ring (bicyclic) bond motifs is 1. The van der Waals surface area contributed by atoms with Crippen molar-refractivity contribution in [2.75, 3.05) is 30.4 Å². The number of rotatable bonds is 10. The molecule has 0 radical (unpaired) electrons. The van der Waals surface area contributed by atoms with Crippen LogP contribution in [0.15, 0.2) is 72.8 Å². The van der Waals surface area contributed by atoms with E-state index in [9.17, 15) is 4.79 Å². The molecule has 0 saturated heterocycles. The van der Waals surface area contributed by atoms with Crippen LogP contribution in [0.25, 0.3) is 0 Å². The van der Waals surface area contributed by atoms with Crippen molar-refractivity contribution in [3.8, 4) is 5.75 Å². The molecule has 1 aliphatic rings. The Kier molecular flexibility index (Phi) is 8.16. The van der Waals surface area contributed by atoms with E-state index in [4.69, 9.17) is 10.5 Å². The van der Waals surface area contributed by atoms with Crippen LogP contribution in [-0.4, -0.2) is 43.2 Å². The molecule has 1 amide bonds. The van der Waals surface area contributed by atoms with E-state index in [0.29, 0.717) is 18.7 Å². The van der Waals surface area contributed by atoms with E-state index in [1.807, 2.05) is 54.3 Å². The molecule has 36 heavy (non-hydrogen) atoms. The number of nitrogens with one attached hydrogen (secondary N) is 1. The van der Waals surface area contributed by atoms with Crippen molar-refractivity contribution >= 4 is 17.3 Å². The van der Waals surface area contributed by atoms with Crippen molar-refractivity contribution in [2.45, 2.75) is 45.9 Å². The van der Waals surface area contributed by atoms with E-state index >= 15 is 0 Å². The molecule has 0 spiro atoms. The lowest BCUT2D eigenvalue weighted by Crippen LogP contribution is -2.57. The van der Waals surface area contributed by atoms with Crippen molar-refractivity contribution in [1.29, 1.82) is 0 Å². The Bertz CT molecular complexity index is 1150. The van der Waals surface area contributed by atoms with Gasteiger partial charge in [0.1, 0.15) is 11.9 Å². The van der Waals surface area contributed by atoms with E-state index < -0.39 is 0 Å². The number of nitrogens with two attached hydrogens (primary N) is 1. The molecule has 6 nitrogen and oxygen atoms in total. The number of methoxy groups -OCH3 is 1. The Morgan fingerprint density at radius 1 is 1.08 bits per heavy atom. The van der Waals surface area contributed by atoms with Gasteiger partial charge in [-0.05, 0) is 55.6 Å². The quantitative estimate of drug-likeness (QED) is 0.408. The minimum absolute atomic E-state index is 0.0390. The zero-order chi connectivity index (χ0) is 25.7.